The molecule has 2 saturated heterocycles. The van der Waals surface area contributed by atoms with E-state index in [4.69, 9.17) is 0 Å². The molecule has 2 aliphatic rings. The van der Waals surface area contributed by atoms with Crippen LogP contribution < -0.4 is 5.32 Å². The summed E-state index contributed by atoms with van der Waals surface area (Å²) in [7, 11) is 0. The molecule has 1 N–H and O–H groups in total. The summed E-state index contributed by atoms with van der Waals surface area (Å²) in [6.07, 6.45) is 4.08. The molecule has 0 saturated carbocycles. The van der Waals surface area contributed by atoms with E-state index in [1.54, 1.807) is 0 Å². The normalized spacial score (nSPS) is 19.1. The number of nitrogens with one attached hydrogen (secondary N) is 1. The Bertz CT molecular complexity index is 613. The van der Waals surface area contributed by atoms with Crippen molar-refractivity contribution in [1.82, 2.24) is 15.1 Å². The van der Waals surface area contributed by atoms with Crippen LogP contribution >= 0.6 is 0 Å². The minimum absolute atomic E-state index is 0.147. The highest BCUT2D eigenvalue weighted by atomic mass is 16.2. The topological polar surface area (TPSA) is 52.7 Å². The Morgan fingerprint density at radius 2 is 1.65 bits per heavy atom. The van der Waals surface area contributed by atoms with E-state index in [0.29, 0.717) is 0 Å². The summed E-state index contributed by atoms with van der Waals surface area (Å²) in [5.41, 5.74) is 2.02. The van der Waals surface area contributed by atoms with Crippen molar-refractivity contribution in [3.8, 4) is 0 Å². The molecular weight excluding hydrogens is 326 g/mol. The number of nitrogens with zero attached hydrogens (tertiary/aromatic N) is 2. The number of rotatable bonds is 5. The first-order chi connectivity index (χ1) is 12.5. The van der Waals surface area contributed by atoms with E-state index >= 15 is 0 Å². The van der Waals surface area contributed by atoms with Crippen molar-refractivity contribution in [2.75, 3.05) is 26.2 Å². The highest BCUT2D eigenvalue weighted by molar-refractivity contribution is 5.94. The van der Waals surface area contributed by atoms with Crippen LogP contribution in [0.25, 0.3) is 0 Å². The molecule has 1 aromatic rings. The van der Waals surface area contributed by atoms with Crippen LogP contribution in [0.5, 0.6) is 0 Å². The molecule has 0 aromatic heterocycles. The van der Waals surface area contributed by atoms with Crippen LogP contribution in [0.15, 0.2) is 24.3 Å². The number of hydrogen-bond donors (Lipinski definition) is 1. The molecule has 2 fully saturated rings. The Morgan fingerprint density at radius 3 is 2.23 bits per heavy atom. The molecule has 5 nitrogen and oxygen atoms in total. The van der Waals surface area contributed by atoms with Gasteiger partial charge in [0.1, 0.15) is 0 Å². The fraction of sp³-hybridized carbons (Fsp3) is 0.619. The summed E-state index contributed by atoms with van der Waals surface area (Å²) in [6.45, 7) is 8.57. The Hall–Kier alpha value is -1.88. The second-order valence-corrected chi connectivity index (χ2v) is 7.91. The maximum atomic E-state index is 12.4. The van der Waals surface area contributed by atoms with Gasteiger partial charge in [-0.05, 0) is 70.3 Å². The van der Waals surface area contributed by atoms with Gasteiger partial charge in [0.2, 0.25) is 5.91 Å². The highest BCUT2D eigenvalue weighted by Crippen LogP contribution is 2.20. The lowest BCUT2D eigenvalue weighted by Crippen LogP contribution is -2.42. The van der Waals surface area contributed by atoms with Crippen molar-refractivity contribution in [2.24, 2.45) is 5.92 Å². The molecule has 0 bridgehead atoms. The minimum Gasteiger partial charge on any atom is -0.354 e. The van der Waals surface area contributed by atoms with Crippen molar-refractivity contribution in [3.63, 3.8) is 0 Å². The summed E-state index contributed by atoms with van der Waals surface area (Å²) in [6, 6.07) is 8.27. The number of hydrogen-bond acceptors (Lipinski definition) is 3. The van der Waals surface area contributed by atoms with Gasteiger partial charge in [0.25, 0.3) is 5.91 Å². The summed E-state index contributed by atoms with van der Waals surface area (Å²) < 4.78 is 0. The van der Waals surface area contributed by atoms with E-state index in [-0.39, 0.29) is 23.8 Å². The SMILES string of the molecule is CC(C)NC(=O)C1CCN(Cc2ccc(C(=O)N3CCCC3)cc2)CC1. The van der Waals surface area contributed by atoms with Crippen molar-refractivity contribution in [2.45, 2.75) is 52.1 Å². The standard InChI is InChI=1S/C21H31N3O2/c1-16(2)22-20(25)18-9-13-23(14-10-18)15-17-5-7-19(8-6-17)21(26)24-11-3-4-12-24/h5-8,16,18H,3-4,9-15H2,1-2H3,(H,22,25). The molecule has 2 amide bonds. The lowest BCUT2D eigenvalue weighted by atomic mass is 9.95. The maximum absolute atomic E-state index is 12.4. The van der Waals surface area contributed by atoms with Crippen molar-refractivity contribution in [3.05, 3.63) is 35.4 Å². The number of carbonyl (C=O) groups excluding carboxylic acids is 2. The Balaban J connectivity index is 1.48. The van der Waals surface area contributed by atoms with E-state index in [0.717, 1.165) is 64.0 Å². The molecule has 5 heteroatoms. The van der Waals surface area contributed by atoms with E-state index < -0.39 is 0 Å². The Kier molecular flexibility index (Phi) is 6.30. The van der Waals surface area contributed by atoms with Gasteiger partial charge in [0, 0.05) is 37.2 Å². The molecule has 2 aliphatic heterocycles. The summed E-state index contributed by atoms with van der Waals surface area (Å²) in [4.78, 5) is 28.9. The van der Waals surface area contributed by atoms with Gasteiger partial charge >= 0.3 is 0 Å². The fourth-order valence-electron chi connectivity index (χ4n) is 3.87. The first kappa shape index (κ1) is 18.9. The maximum Gasteiger partial charge on any atom is 0.253 e. The number of carbonyl (C=O) groups is 2. The van der Waals surface area contributed by atoms with Crippen molar-refractivity contribution in [1.29, 1.82) is 0 Å². The molecule has 142 valence electrons. The van der Waals surface area contributed by atoms with Crippen LogP contribution in [-0.2, 0) is 11.3 Å². The molecule has 2 heterocycles. The zero-order chi connectivity index (χ0) is 18.5. The second kappa shape index (κ2) is 8.67. The van der Waals surface area contributed by atoms with Crippen LogP contribution in [0, 0.1) is 5.92 Å². The Labute approximate surface area is 156 Å². The fourth-order valence-corrected chi connectivity index (χ4v) is 3.87. The average molecular weight is 357 g/mol. The van der Waals surface area contributed by atoms with Crippen LogP contribution in [0.3, 0.4) is 0 Å². The monoisotopic (exact) mass is 357 g/mol. The molecular formula is C21H31N3O2. The molecule has 0 aliphatic carbocycles. The molecule has 1 aromatic carbocycles. The Morgan fingerprint density at radius 1 is 1.04 bits per heavy atom. The lowest BCUT2D eigenvalue weighted by Gasteiger charge is -2.31. The van der Waals surface area contributed by atoms with Gasteiger partial charge in [0.05, 0.1) is 0 Å². The van der Waals surface area contributed by atoms with Gasteiger partial charge in [-0.25, -0.2) is 0 Å². The number of amides is 2. The number of benzene rings is 1. The predicted molar refractivity (Wildman–Crippen MR) is 103 cm³/mol. The van der Waals surface area contributed by atoms with Crippen LogP contribution in [-0.4, -0.2) is 53.8 Å². The summed E-state index contributed by atoms with van der Waals surface area (Å²) in [5, 5.41) is 3.02. The summed E-state index contributed by atoms with van der Waals surface area (Å²) >= 11 is 0. The first-order valence-corrected chi connectivity index (χ1v) is 9.94. The molecule has 0 unspecified atom stereocenters. The highest BCUT2D eigenvalue weighted by Gasteiger charge is 2.25. The van der Waals surface area contributed by atoms with Gasteiger partial charge in [-0.1, -0.05) is 12.1 Å². The van der Waals surface area contributed by atoms with E-state index in [1.807, 2.05) is 30.9 Å². The minimum atomic E-state index is 0.147. The second-order valence-electron chi connectivity index (χ2n) is 7.91. The van der Waals surface area contributed by atoms with Gasteiger partial charge in [0.15, 0.2) is 0 Å². The molecule has 26 heavy (non-hydrogen) atoms. The van der Waals surface area contributed by atoms with Crippen molar-refractivity contribution >= 4 is 11.8 Å². The van der Waals surface area contributed by atoms with Crippen LogP contribution in [0.2, 0.25) is 0 Å². The van der Waals surface area contributed by atoms with E-state index in [1.165, 1.54) is 5.56 Å². The predicted octanol–water partition coefficient (Wildman–Crippen LogP) is 2.66. The van der Waals surface area contributed by atoms with Gasteiger partial charge in [-0.2, -0.15) is 0 Å². The molecule has 0 atom stereocenters. The zero-order valence-electron chi connectivity index (χ0n) is 16.0. The number of likely N-dealkylation sites (tertiary alicyclic amines) is 2. The smallest absolute Gasteiger partial charge is 0.253 e. The largest absolute Gasteiger partial charge is 0.354 e. The first-order valence-electron chi connectivity index (χ1n) is 9.94. The van der Waals surface area contributed by atoms with Crippen LogP contribution in [0.1, 0.15) is 55.5 Å². The molecule has 0 spiro atoms. The average Bonchev–Trinajstić information content (AvgIpc) is 3.16. The van der Waals surface area contributed by atoms with E-state index in [2.05, 4.69) is 22.3 Å². The molecule has 3 rings (SSSR count). The zero-order valence-corrected chi connectivity index (χ0v) is 16.0. The number of piperidine rings is 1. The lowest BCUT2D eigenvalue weighted by molar-refractivity contribution is -0.127. The van der Waals surface area contributed by atoms with Crippen LogP contribution in [0.4, 0.5) is 0 Å². The summed E-state index contributed by atoms with van der Waals surface area (Å²) in [5.74, 6) is 0.504. The van der Waals surface area contributed by atoms with E-state index in [9.17, 15) is 9.59 Å². The van der Waals surface area contributed by atoms with Gasteiger partial charge in [-0.15, -0.1) is 0 Å². The molecule has 0 radical (unpaired) electrons. The van der Waals surface area contributed by atoms with Gasteiger partial charge in [-0.3, -0.25) is 14.5 Å². The third-order valence-electron chi connectivity index (χ3n) is 5.39. The van der Waals surface area contributed by atoms with Crippen molar-refractivity contribution < 1.29 is 9.59 Å². The third kappa shape index (κ3) is 4.85. The third-order valence-corrected chi connectivity index (χ3v) is 5.39. The van der Waals surface area contributed by atoms with Gasteiger partial charge < -0.3 is 10.2 Å². The quantitative estimate of drug-likeness (QED) is 0.881.